The summed E-state index contributed by atoms with van der Waals surface area (Å²) in [5.74, 6) is -3.58. The van der Waals surface area contributed by atoms with Crippen molar-refractivity contribution in [2.45, 2.75) is 44.8 Å². The van der Waals surface area contributed by atoms with Crippen molar-refractivity contribution in [3.63, 3.8) is 0 Å². The van der Waals surface area contributed by atoms with Crippen LogP contribution in [0.5, 0.6) is 0 Å². The van der Waals surface area contributed by atoms with Gasteiger partial charge in [-0.05, 0) is 25.8 Å². The van der Waals surface area contributed by atoms with Gasteiger partial charge in [-0.15, -0.1) is 0 Å². The van der Waals surface area contributed by atoms with Crippen LogP contribution in [0.3, 0.4) is 0 Å². The molecule has 18 heavy (non-hydrogen) atoms. The fourth-order valence-corrected chi connectivity index (χ4v) is 2.56. The van der Waals surface area contributed by atoms with E-state index in [-0.39, 0.29) is 6.04 Å². The highest BCUT2D eigenvalue weighted by Crippen LogP contribution is 2.31. The first-order chi connectivity index (χ1) is 8.21. The third-order valence-corrected chi connectivity index (χ3v) is 3.70. The fourth-order valence-electron chi connectivity index (χ4n) is 2.56. The van der Waals surface area contributed by atoms with E-state index >= 15 is 0 Å². The normalized spacial score (nSPS) is 27.2. The van der Waals surface area contributed by atoms with Crippen LogP contribution in [0, 0.1) is 11.8 Å². The molecule has 0 aliphatic heterocycles. The molecule has 0 bridgehead atoms. The van der Waals surface area contributed by atoms with Crippen LogP contribution in [0.2, 0.25) is 0 Å². The second-order valence-corrected chi connectivity index (χ2v) is 5.30. The molecule has 0 spiro atoms. The zero-order chi connectivity index (χ0) is 13.9. The molecule has 1 saturated carbocycles. The van der Waals surface area contributed by atoms with Crippen LogP contribution in [0.15, 0.2) is 0 Å². The van der Waals surface area contributed by atoms with Crippen molar-refractivity contribution in [3.8, 4) is 0 Å². The van der Waals surface area contributed by atoms with Crippen molar-refractivity contribution in [3.05, 3.63) is 0 Å². The van der Waals surface area contributed by atoms with E-state index in [0.29, 0.717) is 5.92 Å². The molecule has 1 N–H and O–H groups in total. The van der Waals surface area contributed by atoms with Gasteiger partial charge in [0.05, 0.1) is 0 Å². The maximum atomic E-state index is 12.6. The lowest BCUT2D eigenvalue weighted by molar-refractivity contribution is -0.197. The molecule has 0 heterocycles. The van der Waals surface area contributed by atoms with Gasteiger partial charge < -0.3 is 10.0 Å². The molecule has 3 unspecified atom stereocenters. The van der Waals surface area contributed by atoms with Gasteiger partial charge in [0.25, 0.3) is 0 Å². The third kappa shape index (κ3) is 4.15. The first-order valence-electron chi connectivity index (χ1n) is 6.21. The van der Waals surface area contributed by atoms with Crippen molar-refractivity contribution >= 4 is 5.97 Å². The van der Waals surface area contributed by atoms with Crippen molar-refractivity contribution < 1.29 is 23.1 Å². The summed E-state index contributed by atoms with van der Waals surface area (Å²) in [5.41, 5.74) is 0. The summed E-state index contributed by atoms with van der Waals surface area (Å²) in [6.45, 7) is 1.62. The van der Waals surface area contributed by atoms with Crippen molar-refractivity contribution in [1.29, 1.82) is 0 Å². The van der Waals surface area contributed by atoms with Gasteiger partial charge in [-0.2, -0.15) is 13.2 Å². The van der Waals surface area contributed by atoms with E-state index < -0.39 is 24.6 Å². The Balaban J connectivity index is 2.61. The molecule has 1 aliphatic rings. The van der Waals surface area contributed by atoms with E-state index in [1.807, 2.05) is 0 Å². The highest BCUT2D eigenvalue weighted by atomic mass is 19.4. The van der Waals surface area contributed by atoms with Crippen molar-refractivity contribution in [2.75, 3.05) is 13.6 Å². The largest absolute Gasteiger partial charge is 0.481 e. The zero-order valence-corrected chi connectivity index (χ0v) is 10.7. The Bertz CT molecular complexity index is 294. The molecule has 1 fully saturated rings. The summed E-state index contributed by atoms with van der Waals surface area (Å²) in [4.78, 5) is 12.2. The predicted octanol–water partition coefficient (Wildman–Crippen LogP) is 2.76. The topological polar surface area (TPSA) is 40.5 Å². The molecular formula is C12H20F3NO2. The van der Waals surface area contributed by atoms with Crippen LogP contribution < -0.4 is 0 Å². The molecular weight excluding hydrogens is 247 g/mol. The van der Waals surface area contributed by atoms with Crippen molar-refractivity contribution in [1.82, 2.24) is 4.90 Å². The summed E-state index contributed by atoms with van der Waals surface area (Å²) < 4.78 is 37.7. The first kappa shape index (κ1) is 15.3. The molecule has 0 saturated heterocycles. The van der Waals surface area contributed by atoms with E-state index in [1.165, 1.54) is 0 Å². The Morgan fingerprint density at radius 2 is 2.06 bits per heavy atom. The summed E-state index contributed by atoms with van der Waals surface area (Å²) in [7, 11) is 1.59. The maximum Gasteiger partial charge on any atom is 0.403 e. The fraction of sp³-hybridized carbons (Fsp3) is 0.917. The van der Waals surface area contributed by atoms with Crippen LogP contribution in [-0.4, -0.2) is 41.8 Å². The Hall–Kier alpha value is -0.780. The zero-order valence-electron chi connectivity index (χ0n) is 10.7. The number of carboxylic acids is 1. The number of nitrogens with zero attached hydrogens (tertiary/aromatic N) is 1. The Kier molecular flexibility index (Phi) is 5.01. The second kappa shape index (κ2) is 5.91. The smallest absolute Gasteiger partial charge is 0.403 e. The molecule has 1 aliphatic carbocycles. The lowest BCUT2D eigenvalue weighted by Gasteiger charge is -2.35. The summed E-state index contributed by atoms with van der Waals surface area (Å²) >= 11 is 0. The number of halogens is 3. The number of hydrogen-bond donors (Lipinski definition) is 1. The standard InChI is InChI=1S/C12H20F3NO2/c1-8-4-3-5-9(6-8)16(2)7-10(11(17)18)12(13,14)15/h8-10H,3-7H2,1-2H3,(H,17,18). The molecule has 1 rings (SSSR count). The average Bonchev–Trinajstić information content (AvgIpc) is 2.23. The van der Waals surface area contributed by atoms with Gasteiger partial charge >= 0.3 is 12.1 Å². The predicted molar refractivity (Wildman–Crippen MR) is 61.2 cm³/mol. The number of rotatable bonds is 4. The molecule has 0 radical (unpaired) electrons. The number of carboxylic acid groups (broad SMARTS) is 1. The number of aliphatic carboxylic acids is 1. The van der Waals surface area contributed by atoms with Gasteiger partial charge in [0.1, 0.15) is 0 Å². The van der Waals surface area contributed by atoms with Gasteiger partial charge in [-0.1, -0.05) is 19.8 Å². The number of alkyl halides is 3. The number of carbonyl (C=O) groups is 1. The molecule has 0 amide bonds. The van der Waals surface area contributed by atoms with Crippen molar-refractivity contribution in [2.24, 2.45) is 11.8 Å². The summed E-state index contributed by atoms with van der Waals surface area (Å²) in [6, 6.07) is 0.0675. The van der Waals surface area contributed by atoms with Gasteiger partial charge in [0, 0.05) is 12.6 Å². The lowest BCUT2D eigenvalue weighted by Crippen LogP contribution is -2.44. The molecule has 6 heteroatoms. The molecule has 3 atom stereocenters. The van der Waals surface area contributed by atoms with Crippen LogP contribution >= 0.6 is 0 Å². The van der Waals surface area contributed by atoms with E-state index in [9.17, 15) is 18.0 Å². The minimum absolute atomic E-state index is 0.0675. The number of hydrogen-bond acceptors (Lipinski definition) is 2. The first-order valence-corrected chi connectivity index (χ1v) is 6.21. The van der Waals surface area contributed by atoms with E-state index in [0.717, 1.165) is 25.7 Å². The highest BCUT2D eigenvalue weighted by molar-refractivity contribution is 5.71. The average molecular weight is 267 g/mol. The molecule has 0 aromatic carbocycles. The molecule has 106 valence electrons. The van der Waals surface area contributed by atoms with Gasteiger partial charge in [-0.3, -0.25) is 4.79 Å². The minimum Gasteiger partial charge on any atom is -0.481 e. The summed E-state index contributed by atoms with van der Waals surface area (Å²) in [6.07, 6.45) is -0.877. The van der Waals surface area contributed by atoms with E-state index in [2.05, 4.69) is 6.92 Å². The summed E-state index contributed by atoms with van der Waals surface area (Å²) in [5, 5.41) is 8.66. The van der Waals surface area contributed by atoms with Crippen LogP contribution in [0.1, 0.15) is 32.6 Å². The van der Waals surface area contributed by atoms with Crippen LogP contribution in [0.4, 0.5) is 13.2 Å². The Morgan fingerprint density at radius 3 is 2.50 bits per heavy atom. The molecule has 3 nitrogen and oxygen atoms in total. The Morgan fingerprint density at radius 1 is 1.44 bits per heavy atom. The monoisotopic (exact) mass is 267 g/mol. The van der Waals surface area contributed by atoms with E-state index in [4.69, 9.17) is 5.11 Å². The molecule has 0 aromatic rings. The van der Waals surface area contributed by atoms with Gasteiger partial charge in [0.15, 0.2) is 5.92 Å². The molecule has 0 aromatic heterocycles. The van der Waals surface area contributed by atoms with Crippen LogP contribution in [0.25, 0.3) is 0 Å². The van der Waals surface area contributed by atoms with Gasteiger partial charge in [0.2, 0.25) is 0 Å². The maximum absolute atomic E-state index is 12.6. The second-order valence-electron chi connectivity index (χ2n) is 5.30. The minimum atomic E-state index is -4.68. The van der Waals surface area contributed by atoms with Crippen LogP contribution in [-0.2, 0) is 4.79 Å². The van der Waals surface area contributed by atoms with E-state index in [1.54, 1.807) is 11.9 Å². The Labute approximate surface area is 105 Å². The quantitative estimate of drug-likeness (QED) is 0.851. The lowest BCUT2D eigenvalue weighted by atomic mass is 9.86. The SMILES string of the molecule is CC1CCCC(N(C)CC(C(=O)O)C(F)(F)F)C1. The van der Waals surface area contributed by atoms with Gasteiger partial charge in [-0.25, -0.2) is 0 Å². The third-order valence-electron chi connectivity index (χ3n) is 3.70. The highest BCUT2D eigenvalue weighted by Gasteiger charge is 2.46.